The highest BCUT2D eigenvalue weighted by molar-refractivity contribution is 5.04. The summed E-state index contributed by atoms with van der Waals surface area (Å²) in [5.41, 5.74) is 1.08. The Morgan fingerprint density at radius 1 is 1.54 bits per heavy atom. The zero-order chi connectivity index (χ0) is 9.68. The summed E-state index contributed by atoms with van der Waals surface area (Å²) in [6, 6.07) is 0.139. The molecule has 3 heteroatoms. The smallest absolute Gasteiger partial charge is 0.115 e. The first kappa shape index (κ1) is 9.69. The molecule has 1 heterocycles. The summed E-state index contributed by atoms with van der Waals surface area (Å²) in [7, 11) is 1.98. The molecule has 0 aromatic carbocycles. The minimum Gasteiger partial charge on any atom is -0.289 e. The molecular weight excluding hydrogens is 162 g/mol. The molecule has 1 aromatic rings. The fourth-order valence-corrected chi connectivity index (χ4v) is 0.964. The number of terminal acetylenes is 1. The van der Waals surface area contributed by atoms with Gasteiger partial charge >= 0.3 is 0 Å². The monoisotopic (exact) mass is 175 g/mol. The molecule has 0 saturated carbocycles. The van der Waals surface area contributed by atoms with E-state index in [1.165, 1.54) is 6.33 Å². The van der Waals surface area contributed by atoms with Crippen LogP contribution in [0.3, 0.4) is 0 Å². The largest absolute Gasteiger partial charge is 0.289 e. The highest BCUT2D eigenvalue weighted by Gasteiger charge is 2.05. The Morgan fingerprint density at radius 3 is 2.69 bits per heavy atom. The Kier molecular flexibility index (Phi) is 3.41. The van der Waals surface area contributed by atoms with Crippen molar-refractivity contribution in [2.45, 2.75) is 19.5 Å². The first-order valence-electron chi connectivity index (χ1n) is 4.14. The lowest BCUT2D eigenvalue weighted by atomic mass is 10.2. The quantitative estimate of drug-likeness (QED) is 0.640. The molecule has 0 bridgehead atoms. The summed E-state index contributed by atoms with van der Waals surface area (Å²) >= 11 is 0. The minimum absolute atomic E-state index is 0.139. The molecule has 68 valence electrons. The summed E-state index contributed by atoms with van der Waals surface area (Å²) in [5.74, 6) is 2.67. The molecular formula is C10H13N3. The van der Waals surface area contributed by atoms with Gasteiger partial charge in [0.25, 0.3) is 0 Å². The maximum atomic E-state index is 5.30. The number of aromatic nitrogens is 2. The first-order valence-corrected chi connectivity index (χ1v) is 4.14. The van der Waals surface area contributed by atoms with Crippen LogP contribution in [0, 0.1) is 12.3 Å². The van der Waals surface area contributed by atoms with Gasteiger partial charge in [0.2, 0.25) is 0 Å². The highest BCUT2D eigenvalue weighted by Crippen LogP contribution is 2.02. The van der Waals surface area contributed by atoms with Crippen molar-refractivity contribution in [1.82, 2.24) is 14.9 Å². The molecule has 0 saturated heterocycles. The Hall–Kier alpha value is -1.40. The molecule has 3 nitrogen and oxygen atoms in total. The van der Waals surface area contributed by atoms with Crippen LogP contribution in [0.2, 0.25) is 0 Å². The van der Waals surface area contributed by atoms with Crippen molar-refractivity contribution in [2.75, 3.05) is 7.05 Å². The van der Waals surface area contributed by atoms with Crippen LogP contribution in [-0.2, 0) is 6.54 Å². The molecule has 0 aliphatic heterocycles. The van der Waals surface area contributed by atoms with Gasteiger partial charge in [-0.15, -0.1) is 6.42 Å². The predicted octanol–water partition coefficient (Wildman–Crippen LogP) is 0.930. The molecule has 0 spiro atoms. The number of hydrogen-bond donors (Lipinski definition) is 0. The van der Waals surface area contributed by atoms with Gasteiger partial charge in [-0.1, -0.05) is 5.92 Å². The van der Waals surface area contributed by atoms with E-state index in [0.29, 0.717) is 0 Å². The topological polar surface area (TPSA) is 29.0 Å². The van der Waals surface area contributed by atoms with Crippen LogP contribution in [0.4, 0.5) is 0 Å². The second-order valence-electron chi connectivity index (χ2n) is 3.00. The van der Waals surface area contributed by atoms with Gasteiger partial charge in [-0.05, 0) is 14.0 Å². The van der Waals surface area contributed by atoms with Crippen LogP contribution in [0.1, 0.15) is 12.5 Å². The first-order chi connectivity index (χ1) is 6.24. The third-order valence-electron chi connectivity index (χ3n) is 1.95. The minimum atomic E-state index is 0.139. The van der Waals surface area contributed by atoms with Crippen LogP contribution in [0.5, 0.6) is 0 Å². The molecule has 0 aliphatic carbocycles. The van der Waals surface area contributed by atoms with E-state index >= 15 is 0 Å². The second kappa shape index (κ2) is 4.58. The maximum Gasteiger partial charge on any atom is 0.115 e. The third-order valence-corrected chi connectivity index (χ3v) is 1.95. The van der Waals surface area contributed by atoms with E-state index in [1.54, 1.807) is 12.4 Å². The van der Waals surface area contributed by atoms with E-state index in [9.17, 15) is 0 Å². The molecule has 0 fully saturated rings. The van der Waals surface area contributed by atoms with Crippen molar-refractivity contribution < 1.29 is 0 Å². The fourth-order valence-electron chi connectivity index (χ4n) is 0.964. The summed E-state index contributed by atoms with van der Waals surface area (Å²) in [6.07, 6.45) is 10.4. The molecule has 1 rings (SSSR count). The van der Waals surface area contributed by atoms with Gasteiger partial charge in [0, 0.05) is 24.5 Å². The van der Waals surface area contributed by atoms with E-state index in [4.69, 9.17) is 6.42 Å². The van der Waals surface area contributed by atoms with Gasteiger partial charge < -0.3 is 0 Å². The Labute approximate surface area is 78.8 Å². The standard InChI is InChI=1S/C10H13N3/c1-4-9(2)13(3)7-10-5-11-8-12-6-10/h1,5-6,8-9H,7H2,2-3H3. The van der Waals surface area contributed by atoms with E-state index in [-0.39, 0.29) is 6.04 Å². The number of rotatable bonds is 3. The van der Waals surface area contributed by atoms with Crippen LogP contribution < -0.4 is 0 Å². The zero-order valence-electron chi connectivity index (χ0n) is 7.94. The molecule has 0 aliphatic rings. The molecule has 0 radical (unpaired) electrons. The Balaban J connectivity index is 2.56. The lowest BCUT2D eigenvalue weighted by molar-refractivity contribution is 0.296. The van der Waals surface area contributed by atoms with Crippen LogP contribution in [0.15, 0.2) is 18.7 Å². The van der Waals surface area contributed by atoms with E-state index in [1.807, 2.05) is 14.0 Å². The van der Waals surface area contributed by atoms with Gasteiger partial charge in [-0.3, -0.25) is 4.90 Å². The summed E-state index contributed by atoms with van der Waals surface area (Å²) < 4.78 is 0. The van der Waals surface area contributed by atoms with Crippen molar-refractivity contribution in [3.8, 4) is 12.3 Å². The Bertz CT molecular complexity index is 289. The van der Waals surface area contributed by atoms with Gasteiger partial charge in [-0.2, -0.15) is 0 Å². The second-order valence-corrected chi connectivity index (χ2v) is 3.00. The summed E-state index contributed by atoms with van der Waals surface area (Å²) in [4.78, 5) is 9.94. The normalized spacial score (nSPS) is 12.5. The van der Waals surface area contributed by atoms with E-state index in [0.717, 1.165) is 12.1 Å². The fraction of sp³-hybridized carbons (Fsp3) is 0.400. The van der Waals surface area contributed by atoms with E-state index < -0.39 is 0 Å². The van der Waals surface area contributed by atoms with Crippen LogP contribution >= 0.6 is 0 Å². The molecule has 1 atom stereocenters. The van der Waals surface area contributed by atoms with Gasteiger partial charge in [0.15, 0.2) is 0 Å². The zero-order valence-corrected chi connectivity index (χ0v) is 7.94. The van der Waals surface area contributed by atoms with Gasteiger partial charge in [0.05, 0.1) is 6.04 Å². The van der Waals surface area contributed by atoms with Crippen molar-refractivity contribution in [2.24, 2.45) is 0 Å². The summed E-state index contributed by atoms with van der Waals surface area (Å²) in [5, 5.41) is 0. The molecule has 13 heavy (non-hydrogen) atoms. The SMILES string of the molecule is C#CC(C)N(C)Cc1cncnc1. The van der Waals surface area contributed by atoms with E-state index in [2.05, 4.69) is 20.8 Å². The highest BCUT2D eigenvalue weighted by atomic mass is 15.1. The third kappa shape index (κ3) is 2.85. The molecule has 1 aromatic heterocycles. The number of hydrogen-bond acceptors (Lipinski definition) is 3. The van der Waals surface area contributed by atoms with Gasteiger partial charge in [0.1, 0.15) is 6.33 Å². The molecule has 1 unspecified atom stereocenters. The molecule has 0 amide bonds. The average molecular weight is 175 g/mol. The van der Waals surface area contributed by atoms with Crippen LogP contribution in [-0.4, -0.2) is 28.0 Å². The van der Waals surface area contributed by atoms with Gasteiger partial charge in [-0.25, -0.2) is 9.97 Å². The van der Waals surface area contributed by atoms with Crippen molar-refractivity contribution in [3.05, 3.63) is 24.3 Å². The van der Waals surface area contributed by atoms with Crippen molar-refractivity contribution in [3.63, 3.8) is 0 Å². The summed E-state index contributed by atoms with van der Waals surface area (Å²) in [6.45, 7) is 2.77. The van der Waals surface area contributed by atoms with Crippen LogP contribution in [0.25, 0.3) is 0 Å². The lowest BCUT2D eigenvalue weighted by Crippen LogP contribution is -2.27. The molecule has 0 N–H and O–H groups in total. The van der Waals surface area contributed by atoms with Crippen molar-refractivity contribution >= 4 is 0 Å². The maximum absolute atomic E-state index is 5.30. The lowest BCUT2D eigenvalue weighted by Gasteiger charge is -2.19. The average Bonchev–Trinajstić information content (AvgIpc) is 2.18. The Morgan fingerprint density at radius 2 is 2.15 bits per heavy atom. The van der Waals surface area contributed by atoms with Crippen molar-refractivity contribution in [1.29, 1.82) is 0 Å². The predicted molar refractivity (Wildman–Crippen MR) is 51.8 cm³/mol. The number of nitrogens with zero attached hydrogens (tertiary/aromatic N) is 3.